The van der Waals surface area contributed by atoms with Crippen LogP contribution in [0.1, 0.15) is 37.0 Å². The molecule has 1 heterocycles. The summed E-state index contributed by atoms with van der Waals surface area (Å²) in [4.78, 5) is 28.0. The summed E-state index contributed by atoms with van der Waals surface area (Å²) in [5.74, 6) is -0.332. The predicted molar refractivity (Wildman–Crippen MR) is 110 cm³/mol. The van der Waals surface area contributed by atoms with E-state index in [2.05, 4.69) is 24.2 Å². The van der Waals surface area contributed by atoms with Crippen LogP contribution in [-0.2, 0) is 14.8 Å². The third-order valence-corrected chi connectivity index (χ3v) is 7.69. The summed E-state index contributed by atoms with van der Waals surface area (Å²) in [6, 6.07) is 6.98. The summed E-state index contributed by atoms with van der Waals surface area (Å²) in [6.07, 6.45) is 2.41. The maximum atomic E-state index is 13.0. The molecule has 1 unspecified atom stereocenters. The molecule has 0 spiro atoms. The number of hydrogen-bond acceptors (Lipinski definition) is 5. The number of benzene rings is 1. The number of amides is 2. The van der Waals surface area contributed by atoms with E-state index < -0.39 is 10.0 Å². The summed E-state index contributed by atoms with van der Waals surface area (Å²) < 4.78 is 27.3. The fraction of sp³-hybridized carbons (Fsp3) is 0.600. The molecule has 0 aromatic heterocycles. The van der Waals surface area contributed by atoms with Crippen molar-refractivity contribution >= 4 is 21.8 Å². The minimum Gasteiger partial charge on any atom is -0.350 e. The van der Waals surface area contributed by atoms with E-state index in [0.717, 1.165) is 0 Å². The van der Waals surface area contributed by atoms with Gasteiger partial charge in [0, 0.05) is 57.3 Å². The van der Waals surface area contributed by atoms with Crippen LogP contribution in [0.15, 0.2) is 29.2 Å². The van der Waals surface area contributed by atoms with E-state index in [1.807, 2.05) is 0 Å². The molecular formula is C20H30N4O4S. The van der Waals surface area contributed by atoms with Crippen molar-refractivity contribution in [2.75, 3.05) is 39.8 Å². The number of piperazine rings is 1. The Hall–Kier alpha value is -1.97. The van der Waals surface area contributed by atoms with Gasteiger partial charge in [0.25, 0.3) is 5.91 Å². The molecule has 1 aromatic carbocycles. The van der Waals surface area contributed by atoms with E-state index in [9.17, 15) is 18.0 Å². The van der Waals surface area contributed by atoms with Gasteiger partial charge in [-0.15, -0.1) is 0 Å². The molecule has 1 saturated heterocycles. The zero-order valence-corrected chi connectivity index (χ0v) is 18.1. The minimum absolute atomic E-state index is 0.0534. The topological polar surface area (TPSA) is 90.0 Å². The number of nitrogens with one attached hydrogen (secondary N) is 1. The van der Waals surface area contributed by atoms with Gasteiger partial charge in [-0.2, -0.15) is 4.31 Å². The number of carbonyl (C=O) groups is 2. The average molecular weight is 423 g/mol. The zero-order chi connectivity index (χ0) is 21.2. The number of likely N-dealkylation sites (N-methyl/N-ethyl adjacent to an activating group) is 1. The van der Waals surface area contributed by atoms with Gasteiger partial charge < -0.3 is 10.2 Å². The summed E-state index contributed by atoms with van der Waals surface area (Å²) in [6.45, 7) is 5.32. The molecule has 0 bridgehead atoms. The van der Waals surface area contributed by atoms with Crippen molar-refractivity contribution in [3.8, 4) is 0 Å². The van der Waals surface area contributed by atoms with Gasteiger partial charge in [0.05, 0.1) is 4.90 Å². The van der Waals surface area contributed by atoms with Crippen molar-refractivity contribution in [2.24, 2.45) is 0 Å². The third-order valence-electron chi connectivity index (χ3n) is 5.79. The number of hydrogen-bond donors (Lipinski definition) is 1. The SMILES string of the molecule is CC(=O)N1CCN(S(=O)(=O)c2cccc(C(=O)NCC(C)N(C)C3CC3)c2)CC1. The summed E-state index contributed by atoms with van der Waals surface area (Å²) in [5, 5.41) is 2.91. The quantitative estimate of drug-likeness (QED) is 0.700. The first-order valence-corrected chi connectivity index (χ1v) is 11.5. The van der Waals surface area contributed by atoms with E-state index in [1.54, 1.807) is 17.0 Å². The maximum absolute atomic E-state index is 13.0. The second-order valence-electron chi connectivity index (χ2n) is 7.89. The standard InChI is InChI=1S/C20H30N4O4S/c1-15(22(3)18-7-8-18)14-21-20(26)17-5-4-6-19(13-17)29(27,28)24-11-9-23(10-12-24)16(2)25/h4-6,13,15,18H,7-12,14H2,1-3H3,(H,21,26). The molecule has 2 fully saturated rings. The number of carbonyl (C=O) groups excluding carboxylic acids is 2. The van der Waals surface area contributed by atoms with E-state index >= 15 is 0 Å². The fourth-order valence-electron chi connectivity index (χ4n) is 3.52. The van der Waals surface area contributed by atoms with Crippen LogP contribution < -0.4 is 5.32 Å². The monoisotopic (exact) mass is 422 g/mol. The molecule has 8 nitrogen and oxygen atoms in total. The van der Waals surface area contributed by atoms with Crippen molar-refractivity contribution in [3.05, 3.63) is 29.8 Å². The molecule has 1 aromatic rings. The van der Waals surface area contributed by atoms with Gasteiger partial charge in [-0.25, -0.2) is 8.42 Å². The van der Waals surface area contributed by atoms with Crippen LogP contribution >= 0.6 is 0 Å². The molecule has 1 aliphatic heterocycles. The van der Waals surface area contributed by atoms with Gasteiger partial charge in [-0.05, 0) is 45.0 Å². The first kappa shape index (κ1) is 21.7. The van der Waals surface area contributed by atoms with Crippen LogP contribution in [0.4, 0.5) is 0 Å². The lowest BCUT2D eigenvalue weighted by atomic mass is 10.2. The van der Waals surface area contributed by atoms with Crippen LogP contribution in [0.2, 0.25) is 0 Å². The highest BCUT2D eigenvalue weighted by molar-refractivity contribution is 7.89. The number of nitrogens with zero attached hydrogens (tertiary/aromatic N) is 3. The van der Waals surface area contributed by atoms with Gasteiger partial charge in [-0.1, -0.05) is 6.07 Å². The highest BCUT2D eigenvalue weighted by Gasteiger charge is 2.30. The normalized spacial score (nSPS) is 19.2. The molecule has 2 aliphatic rings. The lowest BCUT2D eigenvalue weighted by molar-refractivity contribution is -0.129. The molecule has 2 amide bonds. The third kappa shape index (κ3) is 5.15. The molecule has 3 rings (SSSR count). The highest BCUT2D eigenvalue weighted by atomic mass is 32.2. The average Bonchev–Trinajstić information content (AvgIpc) is 3.56. The Morgan fingerprint density at radius 1 is 1.21 bits per heavy atom. The zero-order valence-electron chi connectivity index (χ0n) is 17.3. The first-order valence-electron chi connectivity index (χ1n) is 10.1. The maximum Gasteiger partial charge on any atom is 0.251 e. The second-order valence-corrected chi connectivity index (χ2v) is 9.83. The van der Waals surface area contributed by atoms with Crippen molar-refractivity contribution in [2.45, 2.75) is 43.7 Å². The van der Waals surface area contributed by atoms with Crippen LogP contribution in [0.3, 0.4) is 0 Å². The van der Waals surface area contributed by atoms with E-state index in [1.165, 1.54) is 36.2 Å². The van der Waals surface area contributed by atoms with Gasteiger partial charge in [0.2, 0.25) is 15.9 Å². The van der Waals surface area contributed by atoms with Gasteiger partial charge in [0.1, 0.15) is 0 Å². The molecule has 1 saturated carbocycles. The van der Waals surface area contributed by atoms with Crippen molar-refractivity contribution in [3.63, 3.8) is 0 Å². The molecular weight excluding hydrogens is 392 g/mol. The van der Waals surface area contributed by atoms with Gasteiger partial charge in [0.15, 0.2) is 0 Å². The predicted octanol–water partition coefficient (Wildman–Crippen LogP) is 0.752. The Bertz CT molecular complexity index is 861. The Morgan fingerprint density at radius 2 is 1.86 bits per heavy atom. The largest absolute Gasteiger partial charge is 0.350 e. The lowest BCUT2D eigenvalue weighted by Gasteiger charge is -2.33. The van der Waals surface area contributed by atoms with Gasteiger partial charge >= 0.3 is 0 Å². The van der Waals surface area contributed by atoms with Crippen molar-refractivity contribution in [1.82, 2.24) is 19.4 Å². The highest BCUT2D eigenvalue weighted by Crippen LogP contribution is 2.26. The number of sulfonamides is 1. The minimum atomic E-state index is -3.71. The number of rotatable bonds is 7. The van der Waals surface area contributed by atoms with Crippen LogP contribution in [0.25, 0.3) is 0 Å². The molecule has 9 heteroatoms. The molecule has 1 atom stereocenters. The molecule has 1 aliphatic carbocycles. The van der Waals surface area contributed by atoms with Crippen LogP contribution in [0.5, 0.6) is 0 Å². The molecule has 1 N–H and O–H groups in total. The van der Waals surface area contributed by atoms with E-state index in [4.69, 9.17) is 0 Å². The van der Waals surface area contributed by atoms with E-state index in [-0.39, 0.29) is 35.8 Å². The van der Waals surface area contributed by atoms with Crippen LogP contribution in [0, 0.1) is 0 Å². The smallest absolute Gasteiger partial charge is 0.251 e. The Labute approximate surface area is 172 Å². The van der Waals surface area contributed by atoms with Gasteiger partial charge in [-0.3, -0.25) is 14.5 Å². The summed E-state index contributed by atoms with van der Waals surface area (Å²) in [7, 11) is -1.64. The van der Waals surface area contributed by atoms with Crippen molar-refractivity contribution in [1.29, 1.82) is 0 Å². The Balaban J connectivity index is 1.63. The Morgan fingerprint density at radius 3 is 2.45 bits per heavy atom. The van der Waals surface area contributed by atoms with Crippen molar-refractivity contribution < 1.29 is 18.0 Å². The summed E-state index contributed by atoms with van der Waals surface area (Å²) in [5.41, 5.74) is 0.328. The first-order chi connectivity index (χ1) is 13.7. The summed E-state index contributed by atoms with van der Waals surface area (Å²) >= 11 is 0. The van der Waals surface area contributed by atoms with Crippen LogP contribution in [-0.4, -0.2) is 86.2 Å². The lowest BCUT2D eigenvalue weighted by Crippen LogP contribution is -2.49. The fourth-order valence-corrected chi connectivity index (χ4v) is 4.99. The second kappa shape index (κ2) is 8.81. The molecule has 29 heavy (non-hydrogen) atoms. The molecule has 160 valence electrons. The molecule has 0 radical (unpaired) electrons. The Kier molecular flexibility index (Phi) is 6.60. The van der Waals surface area contributed by atoms with E-state index in [0.29, 0.717) is 31.2 Å².